The predicted octanol–water partition coefficient (Wildman–Crippen LogP) is 1.92. The van der Waals surface area contributed by atoms with Gasteiger partial charge in [-0.15, -0.1) is 0 Å². The number of carboxylic acid groups (broad SMARTS) is 1. The van der Waals surface area contributed by atoms with Crippen LogP contribution in [0, 0.1) is 0 Å². The number of nitrogens with zero attached hydrogens (tertiary/aromatic N) is 1. The summed E-state index contributed by atoms with van der Waals surface area (Å²) >= 11 is 1.80. The highest BCUT2D eigenvalue weighted by atomic mass is 32.2. The summed E-state index contributed by atoms with van der Waals surface area (Å²) in [6.07, 6.45) is 0. The second kappa shape index (κ2) is 6.34. The van der Waals surface area contributed by atoms with E-state index in [0.717, 1.165) is 11.5 Å². The zero-order valence-electron chi connectivity index (χ0n) is 9.93. The van der Waals surface area contributed by atoms with E-state index < -0.39 is 5.97 Å². The summed E-state index contributed by atoms with van der Waals surface area (Å²) in [5.41, 5.74) is 6.20. The lowest BCUT2D eigenvalue weighted by atomic mass is 10.3. The van der Waals surface area contributed by atoms with E-state index in [0.29, 0.717) is 11.5 Å². The smallest absolute Gasteiger partial charge is 0.354 e. The van der Waals surface area contributed by atoms with Crippen LogP contribution in [0.4, 0.5) is 11.5 Å². The van der Waals surface area contributed by atoms with Gasteiger partial charge >= 0.3 is 5.97 Å². The lowest BCUT2D eigenvalue weighted by Gasteiger charge is -2.15. The number of aromatic carboxylic acids is 1. The molecule has 6 heteroatoms. The highest BCUT2D eigenvalue weighted by Gasteiger charge is 2.10. The summed E-state index contributed by atoms with van der Waals surface area (Å²) in [5.74, 6) is 1.36. The number of aromatic nitrogens is 1. The fraction of sp³-hybridized carbons (Fsp3) is 0.455. The summed E-state index contributed by atoms with van der Waals surface area (Å²) in [6, 6.07) is 3.14. The molecular formula is C11H17N3O2S. The fourth-order valence-electron chi connectivity index (χ4n) is 1.27. The molecule has 94 valence electrons. The van der Waals surface area contributed by atoms with Gasteiger partial charge in [-0.2, -0.15) is 11.8 Å². The minimum Gasteiger partial charge on any atom is -0.477 e. The van der Waals surface area contributed by atoms with Crippen LogP contribution >= 0.6 is 11.8 Å². The molecule has 1 rings (SSSR count). The zero-order chi connectivity index (χ0) is 12.8. The third-order valence-electron chi connectivity index (χ3n) is 2.10. The minimum absolute atomic E-state index is 0.00274. The highest BCUT2D eigenvalue weighted by molar-refractivity contribution is 7.99. The van der Waals surface area contributed by atoms with Crippen molar-refractivity contribution < 1.29 is 9.90 Å². The Morgan fingerprint density at radius 3 is 2.94 bits per heavy atom. The molecule has 1 atom stereocenters. The van der Waals surface area contributed by atoms with Gasteiger partial charge in [-0.05, 0) is 24.8 Å². The second-order valence-electron chi connectivity index (χ2n) is 3.64. The average Bonchev–Trinajstić information content (AvgIpc) is 2.29. The van der Waals surface area contributed by atoms with Crippen molar-refractivity contribution >= 4 is 29.2 Å². The highest BCUT2D eigenvalue weighted by Crippen LogP contribution is 2.17. The molecule has 0 fully saturated rings. The van der Waals surface area contributed by atoms with Gasteiger partial charge in [0, 0.05) is 11.8 Å². The van der Waals surface area contributed by atoms with Gasteiger partial charge in [-0.25, -0.2) is 9.78 Å². The van der Waals surface area contributed by atoms with E-state index in [-0.39, 0.29) is 11.7 Å². The van der Waals surface area contributed by atoms with Crippen LogP contribution in [-0.2, 0) is 0 Å². The SMILES string of the molecule is CCSCC(C)Nc1nc(C(=O)O)ccc1N. The molecule has 0 bridgehead atoms. The third-order valence-corrected chi connectivity index (χ3v) is 3.24. The van der Waals surface area contributed by atoms with E-state index in [4.69, 9.17) is 10.8 Å². The molecular weight excluding hydrogens is 238 g/mol. The second-order valence-corrected chi connectivity index (χ2v) is 4.96. The topological polar surface area (TPSA) is 88.2 Å². The van der Waals surface area contributed by atoms with Gasteiger partial charge in [0.2, 0.25) is 0 Å². The molecule has 1 aromatic rings. The lowest BCUT2D eigenvalue weighted by Crippen LogP contribution is -2.20. The van der Waals surface area contributed by atoms with Crippen molar-refractivity contribution in [2.45, 2.75) is 19.9 Å². The molecule has 0 amide bonds. The number of thioether (sulfide) groups is 1. The molecule has 0 aliphatic heterocycles. The van der Waals surface area contributed by atoms with Crippen LogP contribution in [0.1, 0.15) is 24.3 Å². The number of carboxylic acids is 1. The molecule has 4 N–H and O–H groups in total. The molecule has 0 aromatic carbocycles. The molecule has 0 aliphatic rings. The molecule has 0 saturated heterocycles. The molecule has 0 aliphatic carbocycles. The quantitative estimate of drug-likeness (QED) is 0.719. The normalized spacial score (nSPS) is 12.1. The van der Waals surface area contributed by atoms with Crippen LogP contribution < -0.4 is 11.1 Å². The van der Waals surface area contributed by atoms with Crippen molar-refractivity contribution in [3.63, 3.8) is 0 Å². The molecule has 1 unspecified atom stereocenters. The van der Waals surface area contributed by atoms with Gasteiger partial charge in [-0.3, -0.25) is 0 Å². The number of rotatable bonds is 6. The number of nitrogen functional groups attached to an aromatic ring is 1. The van der Waals surface area contributed by atoms with Crippen LogP contribution in [0.15, 0.2) is 12.1 Å². The zero-order valence-corrected chi connectivity index (χ0v) is 10.8. The Bertz CT molecular complexity index is 398. The molecule has 0 saturated carbocycles. The molecule has 0 radical (unpaired) electrons. The van der Waals surface area contributed by atoms with E-state index in [2.05, 4.69) is 17.2 Å². The fourth-order valence-corrected chi connectivity index (χ4v) is 1.95. The number of hydrogen-bond acceptors (Lipinski definition) is 5. The molecule has 5 nitrogen and oxygen atoms in total. The summed E-state index contributed by atoms with van der Waals surface area (Å²) in [7, 11) is 0. The van der Waals surface area contributed by atoms with E-state index in [1.54, 1.807) is 17.8 Å². The van der Waals surface area contributed by atoms with E-state index in [9.17, 15) is 4.79 Å². The molecule has 1 heterocycles. The molecule has 17 heavy (non-hydrogen) atoms. The van der Waals surface area contributed by atoms with Gasteiger partial charge < -0.3 is 16.2 Å². The number of carbonyl (C=O) groups is 1. The van der Waals surface area contributed by atoms with Gasteiger partial charge in [0.15, 0.2) is 5.69 Å². The van der Waals surface area contributed by atoms with E-state index in [1.165, 1.54) is 6.07 Å². The monoisotopic (exact) mass is 255 g/mol. The Balaban J connectivity index is 2.75. The van der Waals surface area contributed by atoms with Crippen molar-refractivity contribution in [3.8, 4) is 0 Å². The lowest BCUT2D eigenvalue weighted by molar-refractivity contribution is 0.0690. The Labute approximate surface area is 105 Å². The molecule has 0 spiro atoms. The van der Waals surface area contributed by atoms with Crippen molar-refractivity contribution in [2.24, 2.45) is 0 Å². The van der Waals surface area contributed by atoms with Gasteiger partial charge in [0.1, 0.15) is 5.82 Å². The van der Waals surface area contributed by atoms with Crippen molar-refractivity contribution in [3.05, 3.63) is 17.8 Å². The van der Waals surface area contributed by atoms with Crippen LogP contribution in [0.25, 0.3) is 0 Å². The Kier molecular flexibility index (Phi) is 5.09. The number of anilines is 2. The van der Waals surface area contributed by atoms with Crippen LogP contribution in [0.3, 0.4) is 0 Å². The summed E-state index contributed by atoms with van der Waals surface area (Å²) in [5, 5.41) is 12.0. The van der Waals surface area contributed by atoms with E-state index in [1.807, 2.05) is 6.92 Å². The van der Waals surface area contributed by atoms with Crippen LogP contribution in [0.5, 0.6) is 0 Å². The maximum Gasteiger partial charge on any atom is 0.354 e. The number of hydrogen-bond donors (Lipinski definition) is 3. The predicted molar refractivity (Wildman–Crippen MR) is 71.7 cm³/mol. The van der Waals surface area contributed by atoms with Gasteiger partial charge in [0.25, 0.3) is 0 Å². The minimum atomic E-state index is -1.05. The number of nitrogens with one attached hydrogen (secondary N) is 1. The third kappa shape index (κ3) is 4.14. The summed E-state index contributed by atoms with van der Waals surface area (Å²) in [6.45, 7) is 4.10. The first-order valence-corrected chi connectivity index (χ1v) is 6.54. The Morgan fingerprint density at radius 2 is 2.35 bits per heavy atom. The first-order valence-electron chi connectivity index (χ1n) is 5.38. The van der Waals surface area contributed by atoms with Crippen molar-refractivity contribution in [1.82, 2.24) is 4.98 Å². The van der Waals surface area contributed by atoms with Gasteiger partial charge in [-0.1, -0.05) is 6.92 Å². The summed E-state index contributed by atoms with van der Waals surface area (Å²) < 4.78 is 0. The first kappa shape index (κ1) is 13.6. The number of pyridine rings is 1. The van der Waals surface area contributed by atoms with Gasteiger partial charge in [0.05, 0.1) is 5.69 Å². The van der Waals surface area contributed by atoms with E-state index >= 15 is 0 Å². The maximum absolute atomic E-state index is 10.8. The molecule has 1 aromatic heterocycles. The number of nitrogens with two attached hydrogens (primary N) is 1. The van der Waals surface area contributed by atoms with Crippen LogP contribution in [-0.4, -0.2) is 33.6 Å². The largest absolute Gasteiger partial charge is 0.477 e. The van der Waals surface area contributed by atoms with Crippen molar-refractivity contribution in [2.75, 3.05) is 22.6 Å². The Hall–Kier alpha value is -1.43. The van der Waals surface area contributed by atoms with Crippen molar-refractivity contribution in [1.29, 1.82) is 0 Å². The standard InChI is InChI=1S/C11H17N3O2S/c1-3-17-6-7(2)13-10-8(12)4-5-9(14-10)11(15)16/h4-5,7H,3,6,12H2,1-2H3,(H,13,14)(H,15,16). The Morgan fingerprint density at radius 1 is 1.65 bits per heavy atom. The van der Waals surface area contributed by atoms with Crippen LogP contribution in [0.2, 0.25) is 0 Å². The maximum atomic E-state index is 10.8. The summed E-state index contributed by atoms with van der Waals surface area (Å²) in [4.78, 5) is 14.8. The average molecular weight is 255 g/mol. The first-order chi connectivity index (χ1) is 8.04.